The summed E-state index contributed by atoms with van der Waals surface area (Å²) in [6.07, 6.45) is 0.893. The standard InChI is InChI=1S/C14H18ClNO3/c1-3-18-13(17)9-16(2)8-11-7-12(15)6-10-4-5-19-14(10)11/h6-7H,3-5,8-9H2,1-2H3. The van der Waals surface area contributed by atoms with Gasteiger partial charge < -0.3 is 9.47 Å². The molecule has 1 aliphatic heterocycles. The summed E-state index contributed by atoms with van der Waals surface area (Å²) >= 11 is 6.10. The average Bonchev–Trinajstić information content (AvgIpc) is 2.76. The van der Waals surface area contributed by atoms with E-state index in [-0.39, 0.29) is 12.5 Å². The lowest BCUT2D eigenvalue weighted by Crippen LogP contribution is -2.27. The van der Waals surface area contributed by atoms with Gasteiger partial charge in [-0.25, -0.2) is 0 Å². The maximum atomic E-state index is 11.4. The van der Waals surface area contributed by atoms with Gasteiger partial charge in [0.15, 0.2) is 0 Å². The maximum absolute atomic E-state index is 11.4. The summed E-state index contributed by atoms with van der Waals surface area (Å²) in [6, 6.07) is 3.84. The van der Waals surface area contributed by atoms with E-state index in [2.05, 4.69) is 0 Å². The van der Waals surface area contributed by atoms with E-state index in [0.29, 0.717) is 24.8 Å². The summed E-state index contributed by atoms with van der Waals surface area (Å²) in [5, 5.41) is 0.712. The first-order valence-electron chi connectivity index (χ1n) is 6.38. The first-order chi connectivity index (χ1) is 9.10. The van der Waals surface area contributed by atoms with Gasteiger partial charge in [0.1, 0.15) is 5.75 Å². The van der Waals surface area contributed by atoms with Crippen LogP contribution in [0.5, 0.6) is 5.75 Å². The number of ether oxygens (including phenoxy) is 2. The molecule has 0 unspecified atom stereocenters. The van der Waals surface area contributed by atoms with Crippen molar-refractivity contribution < 1.29 is 14.3 Å². The second kappa shape index (κ2) is 6.26. The summed E-state index contributed by atoms with van der Waals surface area (Å²) in [6.45, 7) is 3.78. The van der Waals surface area contributed by atoms with Gasteiger partial charge in [0.25, 0.3) is 0 Å². The molecule has 0 N–H and O–H groups in total. The van der Waals surface area contributed by atoms with Gasteiger partial charge in [-0.05, 0) is 31.7 Å². The van der Waals surface area contributed by atoms with Crippen LogP contribution in [-0.4, -0.2) is 37.7 Å². The van der Waals surface area contributed by atoms with Crippen LogP contribution in [0, 0.1) is 0 Å². The molecule has 104 valence electrons. The molecule has 4 nitrogen and oxygen atoms in total. The maximum Gasteiger partial charge on any atom is 0.320 e. The molecule has 2 rings (SSSR count). The van der Waals surface area contributed by atoms with Crippen LogP contribution in [0.3, 0.4) is 0 Å². The molecule has 0 atom stereocenters. The van der Waals surface area contributed by atoms with E-state index < -0.39 is 0 Å². The van der Waals surface area contributed by atoms with Gasteiger partial charge in [0, 0.05) is 23.6 Å². The zero-order valence-corrected chi connectivity index (χ0v) is 12.0. The first kappa shape index (κ1) is 14.2. The molecule has 1 heterocycles. The minimum Gasteiger partial charge on any atom is -0.493 e. The SMILES string of the molecule is CCOC(=O)CN(C)Cc1cc(Cl)cc2c1OCC2. The van der Waals surface area contributed by atoms with Gasteiger partial charge in [-0.15, -0.1) is 0 Å². The molecule has 1 aromatic rings. The number of esters is 1. The summed E-state index contributed by atoms with van der Waals surface area (Å²) in [5.41, 5.74) is 2.17. The van der Waals surface area contributed by atoms with Gasteiger partial charge >= 0.3 is 5.97 Å². The molecule has 0 amide bonds. The molecule has 0 radical (unpaired) electrons. The summed E-state index contributed by atoms with van der Waals surface area (Å²) < 4.78 is 10.6. The predicted octanol–water partition coefficient (Wildman–Crippen LogP) is 2.27. The molecule has 0 aliphatic carbocycles. The molecule has 1 aromatic carbocycles. The minimum atomic E-state index is -0.218. The number of carbonyl (C=O) groups is 1. The molecule has 0 spiro atoms. The lowest BCUT2D eigenvalue weighted by atomic mass is 10.1. The third-order valence-electron chi connectivity index (χ3n) is 2.97. The number of hydrogen-bond acceptors (Lipinski definition) is 4. The number of fused-ring (bicyclic) bond motifs is 1. The van der Waals surface area contributed by atoms with Gasteiger partial charge in [0.05, 0.1) is 19.8 Å². The predicted molar refractivity (Wildman–Crippen MR) is 73.6 cm³/mol. The molecule has 5 heteroatoms. The van der Waals surface area contributed by atoms with Gasteiger partial charge in [-0.2, -0.15) is 0 Å². The number of hydrogen-bond donors (Lipinski definition) is 0. The van der Waals surface area contributed by atoms with Crippen molar-refractivity contribution in [2.75, 3.05) is 26.8 Å². The first-order valence-corrected chi connectivity index (χ1v) is 6.76. The van der Waals surface area contributed by atoms with E-state index >= 15 is 0 Å². The second-order valence-corrected chi connectivity index (χ2v) is 5.07. The van der Waals surface area contributed by atoms with Gasteiger partial charge in [-0.1, -0.05) is 11.6 Å². The monoisotopic (exact) mass is 283 g/mol. The highest BCUT2D eigenvalue weighted by Crippen LogP contribution is 2.33. The van der Waals surface area contributed by atoms with Crippen LogP contribution < -0.4 is 4.74 Å². The third kappa shape index (κ3) is 3.61. The number of rotatable bonds is 5. The van der Waals surface area contributed by atoms with Crippen LogP contribution in [0.25, 0.3) is 0 Å². The van der Waals surface area contributed by atoms with Crippen LogP contribution in [0.1, 0.15) is 18.1 Å². The topological polar surface area (TPSA) is 38.8 Å². The van der Waals surface area contributed by atoms with E-state index in [1.807, 2.05) is 24.1 Å². The van der Waals surface area contributed by atoms with Crippen molar-refractivity contribution in [2.45, 2.75) is 19.9 Å². The molecule has 0 fully saturated rings. The highest BCUT2D eigenvalue weighted by Gasteiger charge is 2.19. The molecule has 0 bridgehead atoms. The Balaban J connectivity index is 2.05. The fourth-order valence-corrected chi connectivity index (χ4v) is 2.50. The zero-order valence-electron chi connectivity index (χ0n) is 11.2. The van der Waals surface area contributed by atoms with E-state index in [1.54, 1.807) is 6.92 Å². The number of halogens is 1. The van der Waals surface area contributed by atoms with Gasteiger partial charge in [0.2, 0.25) is 0 Å². The fraction of sp³-hybridized carbons (Fsp3) is 0.500. The molecule has 0 saturated heterocycles. The Labute approximate surface area is 118 Å². The molecule has 19 heavy (non-hydrogen) atoms. The Morgan fingerprint density at radius 2 is 2.32 bits per heavy atom. The third-order valence-corrected chi connectivity index (χ3v) is 3.19. The van der Waals surface area contributed by atoms with Crippen LogP contribution >= 0.6 is 11.6 Å². The van der Waals surface area contributed by atoms with Crippen LogP contribution in [0.15, 0.2) is 12.1 Å². The number of benzene rings is 1. The Morgan fingerprint density at radius 1 is 1.53 bits per heavy atom. The minimum absolute atomic E-state index is 0.218. The van der Waals surface area contributed by atoms with Crippen LogP contribution in [-0.2, 0) is 22.5 Å². The molecule has 1 aliphatic rings. The number of carbonyl (C=O) groups excluding carboxylic acids is 1. The van der Waals surface area contributed by atoms with E-state index in [0.717, 1.165) is 23.3 Å². The van der Waals surface area contributed by atoms with E-state index in [1.165, 1.54) is 0 Å². The fourth-order valence-electron chi connectivity index (χ4n) is 2.24. The molecule has 0 saturated carbocycles. The average molecular weight is 284 g/mol. The van der Waals surface area contributed by atoms with Crippen LogP contribution in [0.2, 0.25) is 5.02 Å². The molecular formula is C14H18ClNO3. The van der Waals surface area contributed by atoms with Crippen LogP contribution in [0.4, 0.5) is 0 Å². The summed E-state index contributed by atoms with van der Waals surface area (Å²) in [5.74, 6) is 0.699. The summed E-state index contributed by atoms with van der Waals surface area (Å²) in [7, 11) is 1.87. The summed E-state index contributed by atoms with van der Waals surface area (Å²) in [4.78, 5) is 13.3. The number of nitrogens with zero attached hydrogens (tertiary/aromatic N) is 1. The van der Waals surface area contributed by atoms with Crippen molar-refractivity contribution in [1.82, 2.24) is 4.90 Å². The Kier molecular flexibility index (Phi) is 4.66. The quantitative estimate of drug-likeness (QED) is 0.777. The van der Waals surface area contributed by atoms with Gasteiger partial charge in [-0.3, -0.25) is 9.69 Å². The Morgan fingerprint density at radius 3 is 3.05 bits per heavy atom. The normalized spacial score (nSPS) is 13.3. The largest absolute Gasteiger partial charge is 0.493 e. The van der Waals surface area contributed by atoms with Crippen molar-refractivity contribution in [1.29, 1.82) is 0 Å². The lowest BCUT2D eigenvalue weighted by molar-refractivity contribution is -0.144. The van der Waals surface area contributed by atoms with Crippen molar-refractivity contribution in [3.05, 3.63) is 28.3 Å². The molecule has 0 aromatic heterocycles. The van der Waals surface area contributed by atoms with Crippen molar-refractivity contribution in [3.8, 4) is 5.75 Å². The second-order valence-electron chi connectivity index (χ2n) is 4.63. The Bertz CT molecular complexity index is 476. The lowest BCUT2D eigenvalue weighted by Gasteiger charge is -2.17. The van der Waals surface area contributed by atoms with Crippen molar-refractivity contribution in [2.24, 2.45) is 0 Å². The van der Waals surface area contributed by atoms with E-state index in [4.69, 9.17) is 21.1 Å². The Hall–Kier alpha value is -1.26. The van der Waals surface area contributed by atoms with Crippen molar-refractivity contribution in [3.63, 3.8) is 0 Å². The highest BCUT2D eigenvalue weighted by atomic mass is 35.5. The van der Waals surface area contributed by atoms with E-state index in [9.17, 15) is 4.79 Å². The molecular weight excluding hydrogens is 266 g/mol. The smallest absolute Gasteiger partial charge is 0.320 e. The highest BCUT2D eigenvalue weighted by molar-refractivity contribution is 6.30. The van der Waals surface area contributed by atoms with Crippen molar-refractivity contribution >= 4 is 17.6 Å². The zero-order chi connectivity index (χ0) is 13.8. The number of likely N-dealkylation sites (N-methyl/N-ethyl adjacent to an activating group) is 1.